The fourth-order valence-electron chi connectivity index (χ4n) is 2.51. The number of carbonyl (C=O) groups excluding carboxylic acids is 1. The molecule has 2 N–H and O–H groups in total. The highest BCUT2D eigenvalue weighted by molar-refractivity contribution is 7.89. The lowest BCUT2D eigenvalue weighted by Crippen LogP contribution is -2.46. The molecule has 1 aromatic heterocycles. The Balaban J connectivity index is 1.91. The maximum absolute atomic E-state index is 12.3. The van der Waals surface area contributed by atoms with Crippen LogP contribution in [0.25, 0.3) is 0 Å². The molecule has 0 aliphatic carbocycles. The van der Waals surface area contributed by atoms with Crippen LogP contribution in [0, 0.1) is 0 Å². The van der Waals surface area contributed by atoms with Crippen LogP contribution in [-0.4, -0.2) is 55.2 Å². The van der Waals surface area contributed by atoms with Crippen LogP contribution in [0.15, 0.2) is 12.1 Å². The predicted molar refractivity (Wildman–Crippen MR) is 87.4 cm³/mol. The van der Waals surface area contributed by atoms with E-state index in [9.17, 15) is 18.0 Å². The van der Waals surface area contributed by atoms with Crippen LogP contribution in [0.5, 0.6) is 0 Å². The average molecular weight is 360 g/mol. The first-order valence-electron chi connectivity index (χ1n) is 7.45. The van der Waals surface area contributed by atoms with E-state index in [0.29, 0.717) is 37.2 Å². The third-order valence-corrected chi connectivity index (χ3v) is 6.33. The van der Waals surface area contributed by atoms with Crippen molar-refractivity contribution in [1.29, 1.82) is 0 Å². The number of likely N-dealkylation sites (tertiary alicyclic amines) is 1. The lowest BCUT2D eigenvalue weighted by Gasteiger charge is -2.32. The molecule has 1 aliphatic heterocycles. The second-order valence-electron chi connectivity index (χ2n) is 5.47. The topological polar surface area (TPSA) is 104 Å². The highest BCUT2D eigenvalue weighted by Gasteiger charge is 2.27. The number of aromatic carboxylic acids is 1. The van der Waals surface area contributed by atoms with E-state index in [1.807, 2.05) is 6.92 Å². The van der Waals surface area contributed by atoms with Gasteiger partial charge in [0, 0.05) is 19.1 Å². The van der Waals surface area contributed by atoms with Gasteiger partial charge in [0.05, 0.1) is 10.6 Å². The molecule has 9 heteroatoms. The van der Waals surface area contributed by atoms with Crippen LogP contribution in [-0.2, 0) is 10.0 Å². The third kappa shape index (κ3) is 4.76. The van der Waals surface area contributed by atoms with Crippen LogP contribution >= 0.6 is 11.3 Å². The highest BCUT2D eigenvalue weighted by atomic mass is 32.2. The van der Waals surface area contributed by atoms with E-state index >= 15 is 0 Å². The maximum atomic E-state index is 12.3. The Morgan fingerprint density at radius 3 is 2.43 bits per heavy atom. The zero-order valence-corrected chi connectivity index (χ0v) is 14.5. The van der Waals surface area contributed by atoms with Gasteiger partial charge in [-0.15, -0.1) is 11.3 Å². The van der Waals surface area contributed by atoms with Gasteiger partial charge in [-0.2, -0.15) is 0 Å². The number of nitrogens with one attached hydrogen (secondary N) is 1. The molecule has 128 valence electrons. The summed E-state index contributed by atoms with van der Waals surface area (Å²) in [7, 11) is -3.24. The van der Waals surface area contributed by atoms with Crippen molar-refractivity contribution in [1.82, 2.24) is 9.62 Å². The number of rotatable bonds is 6. The fraction of sp³-hybridized carbons (Fsp3) is 0.571. The van der Waals surface area contributed by atoms with Crippen LogP contribution in [0.1, 0.15) is 45.5 Å². The maximum Gasteiger partial charge on any atom is 0.345 e. The van der Waals surface area contributed by atoms with Crippen molar-refractivity contribution in [3.63, 3.8) is 0 Å². The van der Waals surface area contributed by atoms with Gasteiger partial charge in [0.1, 0.15) is 4.88 Å². The zero-order valence-electron chi connectivity index (χ0n) is 12.8. The molecule has 2 rings (SSSR count). The van der Waals surface area contributed by atoms with Crippen LogP contribution in [0.3, 0.4) is 0 Å². The molecule has 0 atom stereocenters. The van der Waals surface area contributed by atoms with Gasteiger partial charge in [0.2, 0.25) is 10.0 Å². The number of carboxylic acids is 1. The number of amides is 1. The minimum absolute atomic E-state index is 0.110. The number of carboxylic acid groups (broad SMARTS) is 1. The first-order chi connectivity index (χ1) is 10.8. The molecule has 0 unspecified atom stereocenters. The predicted octanol–water partition coefficient (Wildman–Crippen LogP) is 1.38. The number of sulfonamides is 1. The molecule has 1 aromatic rings. The Bertz CT molecular complexity index is 675. The second kappa shape index (κ2) is 7.41. The molecule has 1 aliphatic rings. The van der Waals surface area contributed by atoms with E-state index in [1.165, 1.54) is 12.1 Å². The quantitative estimate of drug-likeness (QED) is 0.798. The van der Waals surface area contributed by atoms with E-state index in [2.05, 4.69) is 4.72 Å². The van der Waals surface area contributed by atoms with Crippen molar-refractivity contribution >= 4 is 33.2 Å². The van der Waals surface area contributed by atoms with E-state index in [4.69, 9.17) is 5.11 Å². The summed E-state index contributed by atoms with van der Waals surface area (Å²) in [6.07, 6.45) is 1.69. The molecule has 0 bridgehead atoms. The smallest absolute Gasteiger partial charge is 0.345 e. The molecule has 23 heavy (non-hydrogen) atoms. The largest absolute Gasteiger partial charge is 0.477 e. The summed E-state index contributed by atoms with van der Waals surface area (Å²) in [6, 6.07) is 2.80. The van der Waals surface area contributed by atoms with E-state index in [1.54, 1.807) is 4.90 Å². The Labute approximate surface area is 139 Å². The first kappa shape index (κ1) is 17.9. The normalized spacial score (nSPS) is 16.5. The first-order valence-corrected chi connectivity index (χ1v) is 9.91. The third-order valence-electron chi connectivity index (χ3n) is 3.63. The summed E-state index contributed by atoms with van der Waals surface area (Å²) in [5, 5.41) is 8.90. The van der Waals surface area contributed by atoms with Gasteiger partial charge >= 0.3 is 5.97 Å². The summed E-state index contributed by atoms with van der Waals surface area (Å²) in [6.45, 7) is 2.73. The SMILES string of the molecule is CCCS(=O)(=O)NC1CCN(C(=O)c2ccc(C(=O)O)s2)CC1. The Hall–Kier alpha value is -1.45. The number of hydrogen-bond donors (Lipinski definition) is 2. The van der Waals surface area contributed by atoms with Crippen molar-refractivity contribution < 1.29 is 23.1 Å². The molecule has 1 saturated heterocycles. The summed E-state index contributed by atoms with van der Waals surface area (Å²) in [5.74, 6) is -1.13. The summed E-state index contributed by atoms with van der Waals surface area (Å²) in [5.41, 5.74) is 0. The Morgan fingerprint density at radius 1 is 1.30 bits per heavy atom. The standard InChI is InChI=1S/C14H20N2O5S2/c1-2-9-23(20,21)15-10-5-7-16(8-6-10)13(17)11-3-4-12(22-11)14(18)19/h3-4,10,15H,2,5-9H2,1H3,(H,18,19). The Morgan fingerprint density at radius 2 is 1.91 bits per heavy atom. The monoisotopic (exact) mass is 360 g/mol. The minimum Gasteiger partial charge on any atom is -0.477 e. The molecule has 0 saturated carbocycles. The van der Waals surface area contributed by atoms with E-state index < -0.39 is 16.0 Å². The minimum atomic E-state index is -3.24. The molecule has 0 aromatic carbocycles. The zero-order chi connectivity index (χ0) is 17.0. The molecule has 1 fully saturated rings. The van der Waals surface area contributed by atoms with Crippen molar-refractivity contribution in [2.75, 3.05) is 18.8 Å². The van der Waals surface area contributed by atoms with Crippen LogP contribution in [0.4, 0.5) is 0 Å². The van der Waals surface area contributed by atoms with Gasteiger partial charge in [-0.25, -0.2) is 17.9 Å². The van der Waals surface area contributed by atoms with Gasteiger partial charge in [-0.3, -0.25) is 4.79 Å². The van der Waals surface area contributed by atoms with Crippen LogP contribution in [0.2, 0.25) is 0 Å². The van der Waals surface area contributed by atoms with Crippen molar-refractivity contribution in [3.05, 3.63) is 21.9 Å². The highest BCUT2D eigenvalue weighted by Crippen LogP contribution is 2.21. The number of piperidine rings is 1. The number of nitrogens with zero attached hydrogens (tertiary/aromatic N) is 1. The fourth-order valence-corrected chi connectivity index (χ4v) is 4.72. The van der Waals surface area contributed by atoms with Gasteiger partial charge in [0.15, 0.2) is 0 Å². The lowest BCUT2D eigenvalue weighted by atomic mass is 10.1. The van der Waals surface area contributed by atoms with Crippen LogP contribution < -0.4 is 4.72 Å². The second-order valence-corrected chi connectivity index (χ2v) is 8.43. The number of hydrogen-bond acceptors (Lipinski definition) is 5. The average Bonchev–Trinajstić information content (AvgIpc) is 2.96. The molecule has 0 spiro atoms. The van der Waals surface area contributed by atoms with Gasteiger partial charge in [0.25, 0.3) is 5.91 Å². The Kier molecular flexibility index (Phi) is 5.77. The van der Waals surface area contributed by atoms with E-state index in [0.717, 1.165) is 11.3 Å². The molecule has 1 amide bonds. The van der Waals surface area contributed by atoms with Crippen molar-refractivity contribution in [2.45, 2.75) is 32.2 Å². The van der Waals surface area contributed by atoms with E-state index in [-0.39, 0.29) is 22.6 Å². The molecule has 0 radical (unpaired) electrons. The summed E-state index contributed by atoms with van der Waals surface area (Å²) in [4.78, 5) is 25.4. The molecular weight excluding hydrogens is 340 g/mol. The lowest BCUT2D eigenvalue weighted by molar-refractivity contribution is 0.0699. The van der Waals surface area contributed by atoms with Crippen molar-refractivity contribution in [3.8, 4) is 0 Å². The number of carbonyl (C=O) groups is 2. The van der Waals surface area contributed by atoms with Gasteiger partial charge in [-0.05, 0) is 31.4 Å². The number of thiophene rings is 1. The molecular formula is C14H20N2O5S2. The summed E-state index contributed by atoms with van der Waals surface area (Å²) >= 11 is 0.958. The van der Waals surface area contributed by atoms with Gasteiger partial charge in [-0.1, -0.05) is 6.92 Å². The molecule has 7 nitrogen and oxygen atoms in total. The van der Waals surface area contributed by atoms with Crippen molar-refractivity contribution in [2.24, 2.45) is 0 Å². The van der Waals surface area contributed by atoms with Gasteiger partial charge < -0.3 is 10.0 Å². The molecule has 2 heterocycles. The summed E-state index contributed by atoms with van der Waals surface area (Å²) < 4.78 is 26.2.